The molecule has 0 saturated carbocycles. The lowest BCUT2D eigenvalue weighted by Crippen LogP contribution is -2.28. The van der Waals surface area contributed by atoms with Crippen LogP contribution in [0.3, 0.4) is 0 Å². The summed E-state index contributed by atoms with van der Waals surface area (Å²) in [5.41, 5.74) is 6.72. The average Bonchev–Trinajstić information content (AvgIpc) is 2.92. The molecule has 3 N–H and O–H groups in total. The van der Waals surface area contributed by atoms with Gasteiger partial charge in [0.25, 0.3) is 0 Å². The Kier molecular flexibility index (Phi) is 5.08. The standard InChI is InChI=1S/C15H21N5O/c1-19(2)10-11-20-9-8-13(18-20)17-15(21)14(16)12-6-4-3-5-7-12/h3-9,14H,10-11,16H2,1-2H3,(H,17,18,21). The lowest BCUT2D eigenvalue weighted by Gasteiger charge is -2.11. The number of amides is 1. The summed E-state index contributed by atoms with van der Waals surface area (Å²) in [7, 11) is 4.01. The van der Waals surface area contributed by atoms with E-state index in [2.05, 4.69) is 15.3 Å². The van der Waals surface area contributed by atoms with Crippen molar-refractivity contribution in [2.75, 3.05) is 26.0 Å². The Hall–Kier alpha value is -2.18. The minimum absolute atomic E-state index is 0.265. The van der Waals surface area contributed by atoms with E-state index >= 15 is 0 Å². The van der Waals surface area contributed by atoms with E-state index in [0.717, 1.165) is 18.7 Å². The van der Waals surface area contributed by atoms with Crippen molar-refractivity contribution in [2.45, 2.75) is 12.6 Å². The van der Waals surface area contributed by atoms with Gasteiger partial charge in [-0.05, 0) is 19.7 Å². The molecule has 1 amide bonds. The molecule has 6 nitrogen and oxygen atoms in total. The van der Waals surface area contributed by atoms with Gasteiger partial charge < -0.3 is 16.0 Å². The second-order valence-electron chi connectivity index (χ2n) is 5.14. The molecule has 1 unspecified atom stereocenters. The Morgan fingerprint density at radius 2 is 2.05 bits per heavy atom. The number of carbonyl (C=O) groups excluding carboxylic acids is 1. The molecule has 0 saturated heterocycles. The van der Waals surface area contributed by atoms with Crippen molar-refractivity contribution < 1.29 is 4.79 Å². The molecule has 0 radical (unpaired) electrons. The fourth-order valence-corrected chi connectivity index (χ4v) is 1.87. The first-order valence-corrected chi connectivity index (χ1v) is 6.86. The van der Waals surface area contributed by atoms with Crippen LogP contribution in [0.5, 0.6) is 0 Å². The number of carbonyl (C=O) groups is 1. The first-order chi connectivity index (χ1) is 10.1. The van der Waals surface area contributed by atoms with Gasteiger partial charge in [0, 0.05) is 18.8 Å². The van der Waals surface area contributed by atoms with Gasteiger partial charge in [0.05, 0.1) is 6.54 Å². The molecule has 0 spiro atoms. The van der Waals surface area contributed by atoms with Gasteiger partial charge in [-0.1, -0.05) is 30.3 Å². The smallest absolute Gasteiger partial charge is 0.247 e. The van der Waals surface area contributed by atoms with E-state index in [1.807, 2.05) is 50.6 Å². The number of nitrogens with one attached hydrogen (secondary N) is 1. The monoisotopic (exact) mass is 287 g/mol. The zero-order chi connectivity index (χ0) is 15.2. The molecule has 0 aliphatic carbocycles. The minimum Gasteiger partial charge on any atom is -0.316 e. The maximum Gasteiger partial charge on any atom is 0.247 e. The van der Waals surface area contributed by atoms with Crippen molar-refractivity contribution >= 4 is 11.7 Å². The summed E-state index contributed by atoms with van der Waals surface area (Å²) in [6.07, 6.45) is 1.84. The molecule has 1 atom stereocenters. The Morgan fingerprint density at radius 1 is 1.33 bits per heavy atom. The van der Waals surface area contributed by atoms with Crippen molar-refractivity contribution in [1.82, 2.24) is 14.7 Å². The van der Waals surface area contributed by atoms with Crippen LogP contribution in [0.15, 0.2) is 42.6 Å². The third kappa shape index (κ3) is 4.40. The first-order valence-electron chi connectivity index (χ1n) is 6.86. The highest BCUT2D eigenvalue weighted by molar-refractivity contribution is 5.94. The summed E-state index contributed by atoms with van der Waals surface area (Å²) >= 11 is 0. The summed E-state index contributed by atoms with van der Waals surface area (Å²) in [5.74, 6) is 0.254. The lowest BCUT2D eigenvalue weighted by atomic mass is 10.1. The maximum atomic E-state index is 12.1. The summed E-state index contributed by atoms with van der Waals surface area (Å²) < 4.78 is 1.80. The number of nitrogens with two attached hydrogens (primary N) is 1. The zero-order valence-corrected chi connectivity index (χ0v) is 12.4. The largest absolute Gasteiger partial charge is 0.316 e. The number of hydrogen-bond donors (Lipinski definition) is 2. The predicted octanol–water partition coefficient (Wildman–Crippen LogP) is 1.08. The quantitative estimate of drug-likeness (QED) is 0.833. The van der Waals surface area contributed by atoms with Crippen molar-refractivity contribution in [3.8, 4) is 0 Å². The molecule has 112 valence electrons. The molecule has 6 heteroatoms. The Morgan fingerprint density at radius 3 is 2.71 bits per heavy atom. The van der Waals surface area contributed by atoms with Gasteiger partial charge in [-0.3, -0.25) is 9.48 Å². The van der Waals surface area contributed by atoms with Crippen molar-refractivity contribution in [3.05, 3.63) is 48.2 Å². The lowest BCUT2D eigenvalue weighted by molar-refractivity contribution is -0.117. The van der Waals surface area contributed by atoms with Crippen LogP contribution in [-0.4, -0.2) is 41.2 Å². The van der Waals surface area contributed by atoms with Gasteiger partial charge in [0.2, 0.25) is 5.91 Å². The fraction of sp³-hybridized carbons (Fsp3) is 0.333. The molecule has 1 aromatic heterocycles. The van der Waals surface area contributed by atoms with Crippen LogP contribution < -0.4 is 11.1 Å². The second-order valence-corrected chi connectivity index (χ2v) is 5.14. The minimum atomic E-state index is -0.696. The molecule has 21 heavy (non-hydrogen) atoms. The van der Waals surface area contributed by atoms with E-state index in [1.54, 1.807) is 10.7 Å². The van der Waals surface area contributed by atoms with E-state index in [1.165, 1.54) is 0 Å². The molecule has 0 bridgehead atoms. The average molecular weight is 287 g/mol. The van der Waals surface area contributed by atoms with Crippen molar-refractivity contribution in [2.24, 2.45) is 5.73 Å². The van der Waals surface area contributed by atoms with E-state index in [9.17, 15) is 4.79 Å². The maximum absolute atomic E-state index is 12.1. The van der Waals surface area contributed by atoms with Crippen LogP contribution in [-0.2, 0) is 11.3 Å². The molecule has 1 aromatic carbocycles. The van der Waals surface area contributed by atoms with Crippen LogP contribution in [0.4, 0.5) is 5.82 Å². The van der Waals surface area contributed by atoms with Crippen molar-refractivity contribution in [3.63, 3.8) is 0 Å². The van der Waals surface area contributed by atoms with Gasteiger partial charge in [-0.25, -0.2) is 0 Å². The highest BCUT2D eigenvalue weighted by Gasteiger charge is 2.16. The zero-order valence-electron chi connectivity index (χ0n) is 12.4. The van der Waals surface area contributed by atoms with E-state index in [-0.39, 0.29) is 5.91 Å². The molecule has 1 heterocycles. The van der Waals surface area contributed by atoms with Gasteiger partial charge in [-0.15, -0.1) is 0 Å². The third-order valence-corrected chi connectivity index (χ3v) is 3.11. The normalized spacial score (nSPS) is 12.4. The van der Waals surface area contributed by atoms with Gasteiger partial charge in [-0.2, -0.15) is 5.10 Å². The molecule has 0 aliphatic rings. The highest BCUT2D eigenvalue weighted by Crippen LogP contribution is 2.12. The Labute approximate surface area is 124 Å². The third-order valence-electron chi connectivity index (χ3n) is 3.11. The Balaban J connectivity index is 1.93. The molecule has 0 fully saturated rings. The van der Waals surface area contributed by atoms with Gasteiger partial charge in [0.15, 0.2) is 5.82 Å². The fourth-order valence-electron chi connectivity index (χ4n) is 1.87. The van der Waals surface area contributed by atoms with E-state index in [4.69, 9.17) is 5.73 Å². The van der Waals surface area contributed by atoms with Gasteiger partial charge >= 0.3 is 0 Å². The van der Waals surface area contributed by atoms with Crippen LogP contribution >= 0.6 is 0 Å². The molecule has 0 aliphatic heterocycles. The molecular weight excluding hydrogens is 266 g/mol. The number of rotatable bonds is 6. The van der Waals surface area contributed by atoms with E-state index in [0.29, 0.717) is 5.82 Å². The summed E-state index contributed by atoms with van der Waals surface area (Å²) in [5, 5.41) is 7.04. The summed E-state index contributed by atoms with van der Waals surface area (Å²) in [6, 6.07) is 10.3. The molecule has 2 aromatic rings. The van der Waals surface area contributed by atoms with Crippen molar-refractivity contribution in [1.29, 1.82) is 0 Å². The van der Waals surface area contributed by atoms with Gasteiger partial charge in [0.1, 0.15) is 6.04 Å². The summed E-state index contributed by atoms with van der Waals surface area (Å²) in [4.78, 5) is 14.2. The number of hydrogen-bond acceptors (Lipinski definition) is 4. The Bertz CT molecular complexity index is 579. The second kappa shape index (κ2) is 7.01. The SMILES string of the molecule is CN(C)CCn1ccc(NC(=O)C(N)c2ccccc2)n1. The number of benzene rings is 1. The number of nitrogens with zero attached hydrogens (tertiary/aromatic N) is 3. The molecule has 2 rings (SSSR count). The predicted molar refractivity (Wildman–Crippen MR) is 82.8 cm³/mol. The van der Waals surface area contributed by atoms with Crippen LogP contribution in [0.25, 0.3) is 0 Å². The number of aromatic nitrogens is 2. The topological polar surface area (TPSA) is 76.2 Å². The van der Waals surface area contributed by atoms with Crippen LogP contribution in [0.1, 0.15) is 11.6 Å². The first kappa shape index (κ1) is 15.2. The molecular formula is C15H21N5O. The summed E-state index contributed by atoms with van der Waals surface area (Å²) in [6.45, 7) is 1.66. The van der Waals surface area contributed by atoms with Crippen LogP contribution in [0, 0.1) is 0 Å². The highest BCUT2D eigenvalue weighted by atomic mass is 16.2. The van der Waals surface area contributed by atoms with Crippen LogP contribution in [0.2, 0.25) is 0 Å². The number of likely N-dealkylation sites (N-methyl/N-ethyl adjacent to an activating group) is 1. The number of anilines is 1. The van der Waals surface area contributed by atoms with E-state index < -0.39 is 6.04 Å².